The van der Waals surface area contributed by atoms with Gasteiger partial charge in [0.15, 0.2) is 0 Å². The molecule has 0 aromatic heterocycles. The maximum absolute atomic E-state index is 4.20. The second kappa shape index (κ2) is 4.69. The molecular formula is C12H22. The topological polar surface area (TPSA) is 0 Å². The smallest absolute Gasteiger partial charge is 0.0208 e. The molecule has 0 radical (unpaired) electrons. The Balaban J connectivity index is 2.35. The highest BCUT2D eigenvalue weighted by Gasteiger charge is 2.21. The van der Waals surface area contributed by atoms with Gasteiger partial charge in [-0.3, -0.25) is 0 Å². The number of allylic oxidation sites excluding steroid dienone is 1. The zero-order valence-corrected chi connectivity index (χ0v) is 8.60. The lowest BCUT2D eigenvalue weighted by Gasteiger charge is -2.29. The molecular weight excluding hydrogens is 144 g/mol. The van der Waals surface area contributed by atoms with Crippen LogP contribution in [-0.2, 0) is 0 Å². The van der Waals surface area contributed by atoms with Crippen molar-refractivity contribution in [3.63, 3.8) is 0 Å². The molecule has 0 heteroatoms. The van der Waals surface area contributed by atoms with E-state index >= 15 is 0 Å². The van der Waals surface area contributed by atoms with Gasteiger partial charge in [-0.25, -0.2) is 0 Å². The Bertz CT molecular complexity index is 146. The van der Waals surface area contributed by atoms with Gasteiger partial charge in [0.05, 0.1) is 0 Å². The molecule has 0 heterocycles. The molecule has 0 nitrogen and oxygen atoms in total. The minimum Gasteiger partial charge on any atom is -0.0996 e. The third-order valence-electron chi connectivity index (χ3n) is 3.24. The second-order valence-corrected chi connectivity index (χ2v) is 4.20. The van der Waals surface area contributed by atoms with Gasteiger partial charge in [-0.2, -0.15) is 0 Å². The molecule has 2 unspecified atom stereocenters. The number of hydrogen-bond donors (Lipinski definition) is 0. The van der Waals surface area contributed by atoms with Crippen LogP contribution in [0.5, 0.6) is 0 Å². The molecule has 0 aliphatic heterocycles. The third-order valence-corrected chi connectivity index (χ3v) is 3.24. The standard InChI is InChI=1S/C12H22/c1-4-6-11-7-8-12(5-2)10(3)9-11/h11-12H,3-9H2,1-2H3. The molecule has 1 aliphatic carbocycles. The average Bonchev–Trinajstić information content (AvgIpc) is 2.05. The molecule has 0 bridgehead atoms. The SMILES string of the molecule is C=C1CC(CCC)CCC1CC. The third kappa shape index (κ3) is 2.36. The van der Waals surface area contributed by atoms with Gasteiger partial charge < -0.3 is 0 Å². The van der Waals surface area contributed by atoms with E-state index in [-0.39, 0.29) is 0 Å². The highest BCUT2D eigenvalue weighted by Crippen LogP contribution is 2.35. The minimum absolute atomic E-state index is 0.845. The first-order chi connectivity index (χ1) is 5.77. The molecule has 70 valence electrons. The summed E-state index contributed by atoms with van der Waals surface area (Å²) < 4.78 is 0. The van der Waals surface area contributed by atoms with E-state index in [1.165, 1.54) is 44.1 Å². The molecule has 1 fully saturated rings. The van der Waals surface area contributed by atoms with E-state index in [1.54, 1.807) is 0 Å². The van der Waals surface area contributed by atoms with Crippen molar-refractivity contribution in [1.29, 1.82) is 0 Å². The fourth-order valence-corrected chi connectivity index (χ4v) is 2.43. The van der Waals surface area contributed by atoms with Crippen LogP contribution in [0.1, 0.15) is 52.4 Å². The highest BCUT2D eigenvalue weighted by molar-refractivity contribution is 5.04. The van der Waals surface area contributed by atoms with Crippen LogP contribution >= 0.6 is 0 Å². The van der Waals surface area contributed by atoms with Crippen molar-refractivity contribution in [3.05, 3.63) is 12.2 Å². The van der Waals surface area contributed by atoms with Crippen molar-refractivity contribution in [2.75, 3.05) is 0 Å². The molecule has 1 aliphatic rings. The highest BCUT2D eigenvalue weighted by atomic mass is 14.3. The first kappa shape index (κ1) is 9.83. The van der Waals surface area contributed by atoms with Gasteiger partial charge >= 0.3 is 0 Å². The quantitative estimate of drug-likeness (QED) is 0.552. The van der Waals surface area contributed by atoms with Crippen molar-refractivity contribution < 1.29 is 0 Å². The zero-order valence-electron chi connectivity index (χ0n) is 8.60. The Morgan fingerprint density at radius 1 is 1.33 bits per heavy atom. The molecule has 1 saturated carbocycles. The van der Waals surface area contributed by atoms with E-state index in [2.05, 4.69) is 20.4 Å². The van der Waals surface area contributed by atoms with Gasteiger partial charge in [0, 0.05) is 0 Å². The van der Waals surface area contributed by atoms with Crippen LogP contribution in [0.15, 0.2) is 12.2 Å². The predicted octanol–water partition coefficient (Wildman–Crippen LogP) is 4.17. The van der Waals surface area contributed by atoms with Crippen molar-refractivity contribution in [1.82, 2.24) is 0 Å². The molecule has 0 aromatic carbocycles. The van der Waals surface area contributed by atoms with E-state index < -0.39 is 0 Å². The monoisotopic (exact) mass is 166 g/mol. The molecule has 1 rings (SSSR count). The normalized spacial score (nSPS) is 30.7. The van der Waals surface area contributed by atoms with Crippen LogP contribution in [0.3, 0.4) is 0 Å². The van der Waals surface area contributed by atoms with Gasteiger partial charge in [-0.1, -0.05) is 38.8 Å². The summed E-state index contributed by atoms with van der Waals surface area (Å²) in [4.78, 5) is 0. The van der Waals surface area contributed by atoms with Gasteiger partial charge in [0.2, 0.25) is 0 Å². The van der Waals surface area contributed by atoms with E-state index in [0.717, 1.165) is 11.8 Å². The first-order valence-electron chi connectivity index (χ1n) is 5.45. The summed E-state index contributed by atoms with van der Waals surface area (Å²) in [5, 5.41) is 0. The lowest BCUT2D eigenvalue weighted by atomic mass is 9.76. The summed E-state index contributed by atoms with van der Waals surface area (Å²) in [6, 6.07) is 0. The lowest BCUT2D eigenvalue weighted by Crippen LogP contribution is -2.16. The number of rotatable bonds is 3. The van der Waals surface area contributed by atoms with Crippen LogP contribution in [0.25, 0.3) is 0 Å². The van der Waals surface area contributed by atoms with E-state index in [4.69, 9.17) is 0 Å². The minimum atomic E-state index is 0.845. The number of hydrogen-bond acceptors (Lipinski definition) is 0. The molecule has 0 aromatic rings. The van der Waals surface area contributed by atoms with Crippen LogP contribution in [0.4, 0.5) is 0 Å². The summed E-state index contributed by atoms with van der Waals surface area (Å²) in [5.74, 6) is 1.81. The Hall–Kier alpha value is -0.260. The largest absolute Gasteiger partial charge is 0.0996 e. The first-order valence-corrected chi connectivity index (χ1v) is 5.45. The van der Waals surface area contributed by atoms with E-state index in [0.29, 0.717) is 0 Å². The zero-order chi connectivity index (χ0) is 8.97. The Morgan fingerprint density at radius 3 is 2.58 bits per heavy atom. The molecule has 2 atom stereocenters. The molecule has 0 amide bonds. The average molecular weight is 166 g/mol. The Labute approximate surface area is 77.1 Å². The van der Waals surface area contributed by atoms with Crippen molar-refractivity contribution in [2.24, 2.45) is 11.8 Å². The maximum atomic E-state index is 4.20. The van der Waals surface area contributed by atoms with Crippen molar-refractivity contribution >= 4 is 0 Å². The summed E-state index contributed by atoms with van der Waals surface area (Å²) in [6.45, 7) is 8.77. The van der Waals surface area contributed by atoms with Gasteiger partial charge in [0.1, 0.15) is 0 Å². The molecule has 0 saturated heterocycles. The lowest BCUT2D eigenvalue weighted by molar-refractivity contribution is 0.327. The summed E-state index contributed by atoms with van der Waals surface area (Å²) in [7, 11) is 0. The van der Waals surface area contributed by atoms with Gasteiger partial charge in [-0.05, 0) is 37.5 Å². The fourth-order valence-electron chi connectivity index (χ4n) is 2.43. The molecule has 0 N–H and O–H groups in total. The summed E-state index contributed by atoms with van der Waals surface area (Å²) in [5.41, 5.74) is 1.53. The molecule has 0 spiro atoms. The van der Waals surface area contributed by atoms with Crippen molar-refractivity contribution in [3.8, 4) is 0 Å². The van der Waals surface area contributed by atoms with Gasteiger partial charge in [0.25, 0.3) is 0 Å². The van der Waals surface area contributed by atoms with E-state index in [9.17, 15) is 0 Å². The summed E-state index contributed by atoms with van der Waals surface area (Å²) in [6.07, 6.45) is 8.22. The molecule has 12 heavy (non-hydrogen) atoms. The van der Waals surface area contributed by atoms with Crippen LogP contribution in [0, 0.1) is 11.8 Å². The maximum Gasteiger partial charge on any atom is -0.0208 e. The summed E-state index contributed by atoms with van der Waals surface area (Å²) >= 11 is 0. The van der Waals surface area contributed by atoms with Crippen molar-refractivity contribution in [2.45, 2.75) is 52.4 Å². The van der Waals surface area contributed by atoms with Crippen LogP contribution < -0.4 is 0 Å². The van der Waals surface area contributed by atoms with Crippen LogP contribution in [-0.4, -0.2) is 0 Å². The van der Waals surface area contributed by atoms with Gasteiger partial charge in [-0.15, -0.1) is 0 Å². The Kier molecular flexibility index (Phi) is 3.84. The van der Waals surface area contributed by atoms with E-state index in [1.807, 2.05) is 0 Å². The fraction of sp³-hybridized carbons (Fsp3) is 0.833. The predicted molar refractivity (Wildman–Crippen MR) is 55.2 cm³/mol. The Morgan fingerprint density at radius 2 is 2.08 bits per heavy atom. The second-order valence-electron chi connectivity index (χ2n) is 4.20. The van der Waals surface area contributed by atoms with Crippen LogP contribution in [0.2, 0.25) is 0 Å².